The van der Waals surface area contributed by atoms with Crippen molar-refractivity contribution in [2.45, 2.75) is 12.6 Å². The first-order chi connectivity index (χ1) is 14.6. The molecule has 0 bridgehead atoms. The van der Waals surface area contributed by atoms with Gasteiger partial charge in [-0.2, -0.15) is 17.5 Å². The van der Waals surface area contributed by atoms with Gasteiger partial charge >= 0.3 is 6.18 Å². The van der Waals surface area contributed by atoms with Crippen LogP contribution in [0.25, 0.3) is 0 Å². The number of hydrogen-bond acceptors (Lipinski definition) is 4. The summed E-state index contributed by atoms with van der Waals surface area (Å²) < 4.78 is 65.2. The van der Waals surface area contributed by atoms with E-state index in [4.69, 9.17) is 0 Å². The molecule has 1 aliphatic heterocycles. The van der Waals surface area contributed by atoms with Gasteiger partial charge in [-0.15, -0.1) is 0 Å². The lowest BCUT2D eigenvalue weighted by molar-refractivity contribution is -0.137. The third-order valence-electron chi connectivity index (χ3n) is 5.06. The first kappa shape index (κ1) is 23.1. The van der Waals surface area contributed by atoms with Gasteiger partial charge in [0.05, 0.1) is 17.7 Å². The lowest BCUT2D eigenvalue weighted by Crippen LogP contribution is -2.50. The van der Waals surface area contributed by atoms with Gasteiger partial charge in [0.15, 0.2) is 0 Å². The molecule has 1 aliphatic rings. The zero-order chi connectivity index (χ0) is 22.5. The van der Waals surface area contributed by atoms with Crippen molar-refractivity contribution < 1.29 is 26.4 Å². The fraction of sp³-hybridized carbons (Fsp3) is 0.381. The number of benzene rings is 2. The van der Waals surface area contributed by atoms with Crippen LogP contribution in [0.5, 0.6) is 0 Å². The fourth-order valence-corrected chi connectivity index (χ4v) is 4.73. The zero-order valence-corrected chi connectivity index (χ0v) is 17.6. The molecule has 1 fully saturated rings. The number of carbonyl (C=O) groups is 1. The molecule has 6 nitrogen and oxygen atoms in total. The van der Waals surface area contributed by atoms with Crippen molar-refractivity contribution in [3.63, 3.8) is 0 Å². The lowest BCUT2D eigenvalue weighted by atomic mass is 10.1. The molecular weight excluding hydrogens is 431 g/mol. The predicted molar refractivity (Wildman–Crippen MR) is 112 cm³/mol. The normalized spacial score (nSPS) is 15.6. The average molecular weight is 456 g/mol. The molecule has 0 aliphatic carbocycles. The summed E-state index contributed by atoms with van der Waals surface area (Å²) in [5, 5.41) is 2.62. The molecule has 3 rings (SSSR count). The van der Waals surface area contributed by atoms with E-state index in [1.807, 2.05) is 30.3 Å². The van der Waals surface area contributed by atoms with E-state index in [0.29, 0.717) is 18.8 Å². The van der Waals surface area contributed by atoms with Crippen molar-refractivity contribution in [1.82, 2.24) is 9.62 Å². The van der Waals surface area contributed by atoms with Crippen molar-refractivity contribution in [3.05, 3.63) is 65.7 Å². The van der Waals surface area contributed by atoms with E-state index < -0.39 is 21.8 Å². The van der Waals surface area contributed by atoms with Crippen molar-refractivity contribution in [2.24, 2.45) is 0 Å². The summed E-state index contributed by atoms with van der Waals surface area (Å²) in [5.74, 6) is -0.479. The van der Waals surface area contributed by atoms with E-state index in [0.717, 1.165) is 17.7 Å². The highest BCUT2D eigenvalue weighted by atomic mass is 32.2. The van der Waals surface area contributed by atoms with Crippen LogP contribution in [0, 0.1) is 0 Å². The van der Waals surface area contributed by atoms with Gasteiger partial charge in [0.1, 0.15) is 0 Å². The molecule has 0 spiro atoms. The third-order valence-corrected chi connectivity index (χ3v) is 6.93. The Kier molecular flexibility index (Phi) is 7.22. The Hall–Kier alpha value is -2.59. The largest absolute Gasteiger partial charge is 0.416 e. The highest BCUT2D eigenvalue weighted by Gasteiger charge is 2.32. The molecule has 1 amide bonds. The van der Waals surface area contributed by atoms with Gasteiger partial charge in [-0.3, -0.25) is 4.79 Å². The smallest absolute Gasteiger partial charge is 0.369 e. The van der Waals surface area contributed by atoms with Crippen LogP contribution in [0.15, 0.2) is 54.6 Å². The SMILES string of the molecule is O=C(Cc1ccccc1)NCCS(=O)(=O)N1CCN(c2cccc(C(F)(F)F)c2)CC1. The molecule has 31 heavy (non-hydrogen) atoms. The second kappa shape index (κ2) is 9.69. The molecule has 168 valence electrons. The number of alkyl halides is 3. The van der Waals surface area contributed by atoms with Gasteiger partial charge in [-0.1, -0.05) is 36.4 Å². The predicted octanol–water partition coefficient (Wildman–Crippen LogP) is 2.52. The molecule has 0 atom stereocenters. The lowest BCUT2D eigenvalue weighted by Gasteiger charge is -2.35. The van der Waals surface area contributed by atoms with E-state index in [1.165, 1.54) is 10.4 Å². The summed E-state index contributed by atoms with van der Waals surface area (Å²) in [6.45, 7) is 0.941. The van der Waals surface area contributed by atoms with Gasteiger partial charge in [-0.25, -0.2) is 8.42 Å². The maximum atomic E-state index is 12.9. The van der Waals surface area contributed by atoms with Gasteiger partial charge in [0, 0.05) is 38.4 Å². The zero-order valence-electron chi connectivity index (χ0n) is 16.8. The summed E-state index contributed by atoms with van der Waals surface area (Å²) in [6.07, 6.45) is -4.25. The Morgan fingerprint density at radius 3 is 2.29 bits per heavy atom. The van der Waals surface area contributed by atoms with Crippen molar-refractivity contribution >= 4 is 21.6 Å². The maximum absolute atomic E-state index is 12.9. The number of hydrogen-bond donors (Lipinski definition) is 1. The van der Waals surface area contributed by atoms with Crippen LogP contribution in [0.4, 0.5) is 18.9 Å². The Labute approximate surface area is 179 Å². The number of nitrogens with zero attached hydrogens (tertiary/aromatic N) is 2. The van der Waals surface area contributed by atoms with Crippen LogP contribution in [0.3, 0.4) is 0 Å². The summed E-state index contributed by atoms with van der Waals surface area (Å²) >= 11 is 0. The second-order valence-electron chi connectivity index (χ2n) is 7.26. The number of nitrogens with one attached hydrogen (secondary N) is 1. The molecule has 1 heterocycles. The van der Waals surface area contributed by atoms with Gasteiger partial charge < -0.3 is 10.2 Å². The Bertz CT molecular complexity index is 990. The van der Waals surface area contributed by atoms with Crippen LogP contribution >= 0.6 is 0 Å². The van der Waals surface area contributed by atoms with Crippen LogP contribution in [-0.2, 0) is 27.4 Å². The fourth-order valence-electron chi connectivity index (χ4n) is 3.40. The Morgan fingerprint density at radius 2 is 1.65 bits per heavy atom. The van der Waals surface area contributed by atoms with Crippen molar-refractivity contribution in [2.75, 3.05) is 43.4 Å². The molecule has 0 radical (unpaired) electrons. The number of anilines is 1. The van der Waals surface area contributed by atoms with Crippen LogP contribution in [0.1, 0.15) is 11.1 Å². The molecule has 1 saturated heterocycles. The maximum Gasteiger partial charge on any atom is 0.416 e. The molecule has 0 unspecified atom stereocenters. The van der Waals surface area contributed by atoms with Crippen molar-refractivity contribution in [3.8, 4) is 0 Å². The highest BCUT2D eigenvalue weighted by Crippen LogP contribution is 2.32. The highest BCUT2D eigenvalue weighted by molar-refractivity contribution is 7.89. The summed E-state index contributed by atoms with van der Waals surface area (Å²) in [5.41, 5.74) is 0.528. The van der Waals surface area contributed by atoms with E-state index in [2.05, 4.69) is 5.32 Å². The minimum absolute atomic E-state index is 0.00183. The molecule has 1 N–H and O–H groups in total. The number of piperazine rings is 1. The molecule has 10 heteroatoms. The first-order valence-corrected chi connectivity index (χ1v) is 11.5. The number of carbonyl (C=O) groups excluding carboxylic acids is 1. The molecule has 2 aromatic rings. The molecule has 0 aromatic heterocycles. The number of sulfonamides is 1. The van der Waals surface area contributed by atoms with E-state index in [-0.39, 0.29) is 37.7 Å². The monoisotopic (exact) mass is 455 g/mol. The number of amides is 1. The summed E-state index contributed by atoms with van der Waals surface area (Å²) in [7, 11) is -3.58. The van der Waals surface area contributed by atoms with E-state index in [1.54, 1.807) is 11.0 Å². The van der Waals surface area contributed by atoms with Gasteiger partial charge in [-0.05, 0) is 23.8 Å². The third kappa shape index (κ3) is 6.44. The minimum atomic E-state index is -4.42. The van der Waals surface area contributed by atoms with Crippen molar-refractivity contribution in [1.29, 1.82) is 0 Å². The van der Waals surface area contributed by atoms with Gasteiger partial charge in [0.25, 0.3) is 0 Å². The average Bonchev–Trinajstić information content (AvgIpc) is 2.74. The molecule has 0 saturated carbocycles. The second-order valence-corrected chi connectivity index (χ2v) is 9.35. The standard InChI is InChI=1S/C21H24F3N3O3S/c22-21(23,24)18-7-4-8-19(16-18)26-10-12-27(13-11-26)31(29,30)14-9-25-20(28)15-17-5-2-1-3-6-17/h1-8,16H,9-15H2,(H,25,28). The summed E-state index contributed by atoms with van der Waals surface area (Å²) in [4.78, 5) is 13.7. The van der Waals surface area contributed by atoms with E-state index >= 15 is 0 Å². The van der Waals surface area contributed by atoms with Crippen LogP contribution < -0.4 is 10.2 Å². The van der Waals surface area contributed by atoms with Crippen LogP contribution in [0.2, 0.25) is 0 Å². The number of halogens is 3. The summed E-state index contributed by atoms with van der Waals surface area (Å²) in [6, 6.07) is 14.2. The first-order valence-electron chi connectivity index (χ1n) is 9.86. The topological polar surface area (TPSA) is 69.7 Å². The quantitative estimate of drug-likeness (QED) is 0.697. The minimum Gasteiger partial charge on any atom is -0.369 e. The Balaban J connectivity index is 1.48. The van der Waals surface area contributed by atoms with Gasteiger partial charge in [0.2, 0.25) is 15.9 Å². The molecule has 2 aromatic carbocycles. The van der Waals surface area contributed by atoms with Crippen LogP contribution in [-0.4, -0.2) is 57.1 Å². The number of rotatable bonds is 7. The van der Waals surface area contributed by atoms with E-state index in [9.17, 15) is 26.4 Å². The molecular formula is C21H24F3N3O3S. The Morgan fingerprint density at radius 1 is 0.968 bits per heavy atom.